The lowest BCUT2D eigenvalue weighted by Crippen LogP contribution is -2.16. The zero-order valence-electron chi connectivity index (χ0n) is 10.9. The molecule has 3 N–H and O–H groups in total. The Bertz CT molecular complexity index is 311. The number of rotatable bonds is 5. The van der Waals surface area contributed by atoms with Crippen molar-refractivity contribution < 1.29 is 0 Å². The first-order valence-corrected chi connectivity index (χ1v) is 6.11. The quantitative estimate of drug-likeness (QED) is 0.740. The molecule has 0 amide bonds. The van der Waals surface area contributed by atoms with E-state index in [-0.39, 0.29) is 0 Å². The van der Waals surface area contributed by atoms with Gasteiger partial charge in [0.15, 0.2) is 0 Å². The van der Waals surface area contributed by atoms with Crippen molar-refractivity contribution in [1.82, 2.24) is 0 Å². The molecule has 0 aliphatic carbocycles. The van der Waals surface area contributed by atoms with Gasteiger partial charge in [-0.1, -0.05) is 13.8 Å². The predicted octanol–water partition coefficient (Wildman–Crippen LogP) is 3.81. The number of nitrogen functional groups attached to an aromatic ring is 1. The number of hydrogen-bond donors (Lipinski definition) is 2. The Balaban J connectivity index is 2.52. The normalized spacial score (nSPS) is 12.8. The summed E-state index contributed by atoms with van der Waals surface area (Å²) in [5.41, 5.74) is 8.99. The second-order valence-electron chi connectivity index (χ2n) is 5.15. The maximum Gasteiger partial charge on any atom is 0.0365 e. The summed E-state index contributed by atoms with van der Waals surface area (Å²) in [7, 11) is 0. The molecule has 0 saturated heterocycles. The van der Waals surface area contributed by atoms with Crippen molar-refractivity contribution in [1.29, 1.82) is 0 Å². The zero-order chi connectivity index (χ0) is 12.1. The Kier molecular flexibility index (Phi) is 4.66. The standard InChI is InChI=1S/C14H24N2/c1-10(2)5-6-12(4)16-14-8-11(3)7-13(15)9-14/h7-10,12,16H,5-6,15H2,1-4H3. The van der Waals surface area contributed by atoms with E-state index in [0.29, 0.717) is 6.04 Å². The smallest absolute Gasteiger partial charge is 0.0365 e. The second kappa shape index (κ2) is 5.78. The highest BCUT2D eigenvalue weighted by Crippen LogP contribution is 2.18. The van der Waals surface area contributed by atoms with Crippen LogP contribution in [0.2, 0.25) is 0 Å². The molecule has 90 valence electrons. The topological polar surface area (TPSA) is 38.0 Å². The van der Waals surface area contributed by atoms with Gasteiger partial charge < -0.3 is 11.1 Å². The number of nitrogens with one attached hydrogen (secondary N) is 1. The van der Waals surface area contributed by atoms with E-state index in [4.69, 9.17) is 5.73 Å². The van der Waals surface area contributed by atoms with E-state index in [0.717, 1.165) is 17.3 Å². The van der Waals surface area contributed by atoms with E-state index in [2.05, 4.69) is 39.1 Å². The first-order chi connectivity index (χ1) is 7.47. The summed E-state index contributed by atoms with van der Waals surface area (Å²) in [4.78, 5) is 0. The first-order valence-electron chi connectivity index (χ1n) is 6.11. The number of benzene rings is 1. The fraction of sp³-hybridized carbons (Fsp3) is 0.571. The summed E-state index contributed by atoms with van der Waals surface area (Å²) >= 11 is 0. The average molecular weight is 220 g/mol. The summed E-state index contributed by atoms with van der Waals surface area (Å²) < 4.78 is 0. The van der Waals surface area contributed by atoms with Crippen molar-refractivity contribution in [3.63, 3.8) is 0 Å². The van der Waals surface area contributed by atoms with Crippen LogP contribution in [0, 0.1) is 12.8 Å². The maximum atomic E-state index is 5.82. The molecule has 0 aliphatic rings. The lowest BCUT2D eigenvalue weighted by molar-refractivity contribution is 0.528. The predicted molar refractivity (Wildman–Crippen MR) is 72.7 cm³/mol. The molecule has 0 radical (unpaired) electrons. The molecule has 1 aromatic carbocycles. The van der Waals surface area contributed by atoms with E-state index in [9.17, 15) is 0 Å². The van der Waals surface area contributed by atoms with E-state index in [1.165, 1.54) is 18.4 Å². The summed E-state index contributed by atoms with van der Waals surface area (Å²) in [6.45, 7) is 8.82. The first kappa shape index (κ1) is 12.9. The number of hydrogen-bond acceptors (Lipinski definition) is 2. The van der Waals surface area contributed by atoms with Crippen LogP contribution >= 0.6 is 0 Å². The van der Waals surface area contributed by atoms with E-state index in [1.807, 2.05) is 12.1 Å². The van der Waals surface area contributed by atoms with E-state index < -0.39 is 0 Å². The van der Waals surface area contributed by atoms with Crippen LogP contribution in [-0.2, 0) is 0 Å². The van der Waals surface area contributed by atoms with Crippen molar-refractivity contribution >= 4 is 11.4 Å². The minimum Gasteiger partial charge on any atom is -0.399 e. The summed E-state index contributed by atoms with van der Waals surface area (Å²) in [6, 6.07) is 6.63. The second-order valence-corrected chi connectivity index (χ2v) is 5.15. The van der Waals surface area contributed by atoms with Crippen LogP contribution in [0.1, 0.15) is 39.2 Å². The molecular formula is C14H24N2. The molecule has 0 bridgehead atoms. The molecule has 2 nitrogen and oxygen atoms in total. The number of nitrogens with two attached hydrogens (primary N) is 1. The van der Waals surface area contributed by atoms with Crippen LogP contribution in [-0.4, -0.2) is 6.04 Å². The van der Waals surface area contributed by atoms with Gasteiger partial charge in [-0.3, -0.25) is 0 Å². The van der Waals surface area contributed by atoms with Gasteiger partial charge in [-0.05, 0) is 56.4 Å². The summed E-state index contributed by atoms with van der Waals surface area (Å²) in [5.74, 6) is 0.770. The fourth-order valence-corrected chi connectivity index (χ4v) is 1.84. The molecule has 0 aliphatic heterocycles. The van der Waals surface area contributed by atoms with Gasteiger partial charge in [0.1, 0.15) is 0 Å². The van der Waals surface area contributed by atoms with Gasteiger partial charge in [-0.25, -0.2) is 0 Å². The van der Waals surface area contributed by atoms with Crippen LogP contribution in [0.3, 0.4) is 0 Å². The van der Waals surface area contributed by atoms with Gasteiger partial charge in [0.2, 0.25) is 0 Å². The monoisotopic (exact) mass is 220 g/mol. The number of anilines is 2. The average Bonchev–Trinajstić information content (AvgIpc) is 2.12. The van der Waals surface area contributed by atoms with E-state index >= 15 is 0 Å². The largest absolute Gasteiger partial charge is 0.399 e. The minimum absolute atomic E-state index is 0.503. The lowest BCUT2D eigenvalue weighted by atomic mass is 10.0. The van der Waals surface area contributed by atoms with Gasteiger partial charge >= 0.3 is 0 Å². The van der Waals surface area contributed by atoms with Crippen molar-refractivity contribution in [3.8, 4) is 0 Å². The number of aryl methyl sites for hydroxylation is 1. The molecule has 0 spiro atoms. The molecule has 16 heavy (non-hydrogen) atoms. The molecule has 1 atom stereocenters. The van der Waals surface area contributed by atoms with E-state index in [1.54, 1.807) is 0 Å². The third-order valence-corrected chi connectivity index (χ3v) is 2.69. The van der Waals surface area contributed by atoms with Crippen molar-refractivity contribution in [2.24, 2.45) is 5.92 Å². The molecule has 2 heteroatoms. The van der Waals surface area contributed by atoms with Crippen LogP contribution in [0.15, 0.2) is 18.2 Å². The highest BCUT2D eigenvalue weighted by Gasteiger charge is 2.04. The molecular weight excluding hydrogens is 196 g/mol. The van der Waals surface area contributed by atoms with Gasteiger partial charge in [0.25, 0.3) is 0 Å². The lowest BCUT2D eigenvalue weighted by Gasteiger charge is -2.17. The van der Waals surface area contributed by atoms with Crippen LogP contribution < -0.4 is 11.1 Å². The van der Waals surface area contributed by atoms with Gasteiger partial charge in [-0.15, -0.1) is 0 Å². The molecule has 0 heterocycles. The van der Waals surface area contributed by atoms with Crippen molar-refractivity contribution in [2.45, 2.75) is 46.6 Å². The maximum absolute atomic E-state index is 5.82. The Labute approximate surface area is 99.2 Å². The SMILES string of the molecule is Cc1cc(N)cc(NC(C)CCC(C)C)c1. The molecule has 1 unspecified atom stereocenters. The molecule has 1 rings (SSSR count). The molecule has 0 fully saturated rings. The summed E-state index contributed by atoms with van der Waals surface area (Å²) in [6.07, 6.45) is 2.46. The molecule has 1 aromatic rings. The van der Waals surface area contributed by atoms with Crippen molar-refractivity contribution in [2.75, 3.05) is 11.1 Å². The van der Waals surface area contributed by atoms with Crippen LogP contribution in [0.5, 0.6) is 0 Å². The molecule has 0 aromatic heterocycles. The van der Waals surface area contributed by atoms with Gasteiger partial charge in [0, 0.05) is 17.4 Å². The Morgan fingerprint density at radius 3 is 2.38 bits per heavy atom. The third kappa shape index (κ3) is 4.56. The Hall–Kier alpha value is -1.18. The van der Waals surface area contributed by atoms with Crippen LogP contribution in [0.25, 0.3) is 0 Å². The summed E-state index contributed by atoms with van der Waals surface area (Å²) in [5, 5.41) is 3.50. The minimum atomic E-state index is 0.503. The Morgan fingerprint density at radius 1 is 1.12 bits per heavy atom. The molecule has 0 saturated carbocycles. The zero-order valence-corrected chi connectivity index (χ0v) is 10.9. The van der Waals surface area contributed by atoms with Gasteiger partial charge in [0.05, 0.1) is 0 Å². The third-order valence-electron chi connectivity index (χ3n) is 2.69. The fourth-order valence-electron chi connectivity index (χ4n) is 1.84. The van der Waals surface area contributed by atoms with Gasteiger partial charge in [-0.2, -0.15) is 0 Å². The van der Waals surface area contributed by atoms with Crippen molar-refractivity contribution in [3.05, 3.63) is 23.8 Å². The highest BCUT2D eigenvalue weighted by atomic mass is 14.9. The highest BCUT2D eigenvalue weighted by molar-refractivity contribution is 5.57. The van der Waals surface area contributed by atoms with Crippen LogP contribution in [0.4, 0.5) is 11.4 Å². The Morgan fingerprint density at radius 2 is 1.81 bits per heavy atom.